The average Bonchev–Trinajstić information content (AvgIpc) is 3.30. The van der Waals surface area contributed by atoms with Crippen molar-refractivity contribution in [1.82, 2.24) is 14.5 Å². The van der Waals surface area contributed by atoms with Gasteiger partial charge in [-0.2, -0.15) is 0 Å². The summed E-state index contributed by atoms with van der Waals surface area (Å²) < 4.78 is 20.4. The maximum absolute atomic E-state index is 13.4. The zero-order chi connectivity index (χ0) is 24.1. The third-order valence-corrected chi connectivity index (χ3v) is 5.51. The summed E-state index contributed by atoms with van der Waals surface area (Å²) in [5, 5.41) is 6.18. The van der Waals surface area contributed by atoms with Crippen LogP contribution >= 0.6 is 11.8 Å². The molecule has 0 spiro atoms. The molecule has 2 heterocycles. The summed E-state index contributed by atoms with van der Waals surface area (Å²) in [7, 11) is 1.47. The molecule has 8 nitrogen and oxygen atoms in total. The van der Waals surface area contributed by atoms with E-state index < -0.39 is 5.91 Å². The summed E-state index contributed by atoms with van der Waals surface area (Å²) in [6.45, 7) is 0. The first kappa shape index (κ1) is 23.0. The number of nitrogens with zero attached hydrogens (tertiary/aromatic N) is 3. The molecule has 2 N–H and O–H groups in total. The molecule has 2 aromatic heterocycles. The highest BCUT2D eigenvalue weighted by atomic mass is 32.2. The van der Waals surface area contributed by atoms with Gasteiger partial charge in [-0.1, -0.05) is 11.8 Å². The SMILES string of the molecule is COc1cc(NC(=O)c2cnc(SC)n2-c2ccc(F)cc2)ccc1NC(=O)c1cccnc1. The molecule has 0 aliphatic carbocycles. The lowest BCUT2D eigenvalue weighted by atomic mass is 10.2. The van der Waals surface area contributed by atoms with Crippen LogP contribution in [-0.4, -0.2) is 39.7 Å². The Balaban J connectivity index is 1.56. The minimum atomic E-state index is -0.411. The van der Waals surface area contributed by atoms with E-state index in [0.717, 1.165) is 0 Å². The number of rotatable bonds is 7. The number of thioether (sulfide) groups is 1. The fourth-order valence-electron chi connectivity index (χ4n) is 3.24. The topological polar surface area (TPSA) is 98.1 Å². The number of carbonyl (C=O) groups excluding carboxylic acids is 2. The number of anilines is 2. The second-order valence-corrected chi connectivity index (χ2v) is 7.78. The van der Waals surface area contributed by atoms with Crippen LogP contribution in [0.5, 0.6) is 5.75 Å². The minimum Gasteiger partial charge on any atom is -0.494 e. The van der Waals surface area contributed by atoms with Gasteiger partial charge in [0.05, 0.1) is 24.6 Å². The molecule has 0 bridgehead atoms. The predicted octanol–water partition coefficient (Wildman–Crippen LogP) is 4.64. The van der Waals surface area contributed by atoms with Crippen molar-refractivity contribution in [2.24, 2.45) is 0 Å². The van der Waals surface area contributed by atoms with Crippen molar-refractivity contribution in [3.63, 3.8) is 0 Å². The van der Waals surface area contributed by atoms with E-state index in [4.69, 9.17) is 4.74 Å². The molecule has 0 aliphatic rings. The largest absolute Gasteiger partial charge is 0.494 e. The molecule has 0 unspecified atom stereocenters. The van der Waals surface area contributed by atoms with Crippen LogP contribution in [0.3, 0.4) is 0 Å². The fourth-order valence-corrected chi connectivity index (χ4v) is 3.78. The number of carbonyl (C=O) groups is 2. The van der Waals surface area contributed by atoms with E-state index in [1.165, 1.54) is 43.4 Å². The van der Waals surface area contributed by atoms with Gasteiger partial charge >= 0.3 is 0 Å². The third kappa shape index (κ3) is 4.91. The fraction of sp³-hybridized carbons (Fsp3) is 0.0833. The quantitative estimate of drug-likeness (QED) is 0.376. The van der Waals surface area contributed by atoms with Gasteiger partial charge in [-0.15, -0.1) is 0 Å². The molecule has 0 aliphatic heterocycles. The monoisotopic (exact) mass is 477 g/mol. The first-order chi connectivity index (χ1) is 16.5. The van der Waals surface area contributed by atoms with Crippen molar-refractivity contribution in [3.8, 4) is 11.4 Å². The number of hydrogen-bond donors (Lipinski definition) is 2. The highest BCUT2D eigenvalue weighted by Gasteiger charge is 2.19. The molecule has 34 heavy (non-hydrogen) atoms. The number of ether oxygens (including phenoxy) is 1. The minimum absolute atomic E-state index is 0.281. The van der Waals surface area contributed by atoms with Crippen molar-refractivity contribution in [1.29, 1.82) is 0 Å². The number of halogens is 1. The zero-order valence-corrected chi connectivity index (χ0v) is 19.1. The van der Waals surface area contributed by atoms with Crippen LogP contribution in [0.25, 0.3) is 5.69 Å². The van der Waals surface area contributed by atoms with E-state index in [1.807, 2.05) is 6.26 Å². The molecule has 2 aromatic carbocycles. The maximum Gasteiger partial charge on any atom is 0.274 e. The molecule has 4 aromatic rings. The van der Waals surface area contributed by atoms with Crippen LogP contribution < -0.4 is 15.4 Å². The molecule has 10 heteroatoms. The second kappa shape index (κ2) is 10.2. The smallest absolute Gasteiger partial charge is 0.274 e. The van der Waals surface area contributed by atoms with Crippen LogP contribution in [-0.2, 0) is 0 Å². The van der Waals surface area contributed by atoms with Gasteiger partial charge in [-0.05, 0) is 54.8 Å². The summed E-state index contributed by atoms with van der Waals surface area (Å²) in [5.74, 6) is -0.752. The van der Waals surface area contributed by atoms with E-state index in [9.17, 15) is 14.0 Å². The Morgan fingerprint density at radius 1 is 1.03 bits per heavy atom. The maximum atomic E-state index is 13.4. The van der Waals surface area contributed by atoms with Crippen LogP contribution in [0.15, 0.2) is 78.3 Å². The second-order valence-electron chi connectivity index (χ2n) is 7.01. The summed E-state index contributed by atoms with van der Waals surface area (Å²) in [5.41, 5.74) is 2.19. The normalized spacial score (nSPS) is 10.6. The zero-order valence-electron chi connectivity index (χ0n) is 18.3. The summed E-state index contributed by atoms with van der Waals surface area (Å²) in [6.07, 6.45) is 6.35. The number of methoxy groups -OCH3 is 1. The first-order valence-corrected chi connectivity index (χ1v) is 11.3. The van der Waals surface area contributed by atoms with Crippen molar-refractivity contribution in [2.45, 2.75) is 5.16 Å². The van der Waals surface area contributed by atoms with Gasteiger partial charge in [0, 0.05) is 29.8 Å². The molecule has 0 radical (unpaired) electrons. The molecule has 172 valence electrons. The van der Waals surface area contributed by atoms with Crippen molar-refractivity contribution in [2.75, 3.05) is 24.0 Å². The Bertz CT molecular complexity index is 1330. The predicted molar refractivity (Wildman–Crippen MR) is 128 cm³/mol. The Kier molecular flexibility index (Phi) is 6.88. The first-order valence-electron chi connectivity index (χ1n) is 10.1. The lowest BCUT2D eigenvalue weighted by molar-refractivity contribution is 0.101. The van der Waals surface area contributed by atoms with Crippen LogP contribution in [0.4, 0.5) is 15.8 Å². The van der Waals surface area contributed by atoms with Crippen LogP contribution in [0.2, 0.25) is 0 Å². The summed E-state index contributed by atoms with van der Waals surface area (Å²) in [4.78, 5) is 33.8. The molecule has 4 rings (SSSR count). The Morgan fingerprint density at radius 3 is 2.50 bits per heavy atom. The highest BCUT2D eigenvalue weighted by Crippen LogP contribution is 2.29. The van der Waals surface area contributed by atoms with E-state index in [-0.39, 0.29) is 17.4 Å². The molecule has 0 saturated carbocycles. The summed E-state index contributed by atoms with van der Waals surface area (Å²) >= 11 is 1.36. The van der Waals surface area contributed by atoms with Gasteiger partial charge < -0.3 is 15.4 Å². The van der Waals surface area contributed by atoms with Gasteiger partial charge in [0.15, 0.2) is 5.16 Å². The van der Waals surface area contributed by atoms with Gasteiger partial charge in [0.2, 0.25) is 0 Å². The number of hydrogen-bond acceptors (Lipinski definition) is 6. The molecule has 0 fully saturated rings. The lowest BCUT2D eigenvalue weighted by Gasteiger charge is -2.14. The molecule has 0 saturated heterocycles. The van der Waals surface area contributed by atoms with E-state index in [2.05, 4.69) is 20.6 Å². The van der Waals surface area contributed by atoms with Crippen LogP contribution in [0, 0.1) is 5.82 Å². The van der Waals surface area contributed by atoms with E-state index in [1.54, 1.807) is 53.2 Å². The van der Waals surface area contributed by atoms with E-state index in [0.29, 0.717) is 33.5 Å². The van der Waals surface area contributed by atoms with Crippen molar-refractivity contribution < 1.29 is 18.7 Å². The number of aromatic nitrogens is 3. The standard InChI is InChI=1S/C24H20FN5O3S/c1-33-21-12-17(7-10-19(21)29-22(31)15-4-3-11-26-13-15)28-23(32)20-14-27-24(34-2)30(20)18-8-5-16(25)6-9-18/h3-14H,1-2H3,(H,28,32)(H,29,31). The number of amides is 2. The number of benzene rings is 2. The van der Waals surface area contributed by atoms with Gasteiger partial charge in [0.25, 0.3) is 11.8 Å². The number of pyridine rings is 1. The molecular formula is C24H20FN5O3S. The molecule has 2 amide bonds. The van der Waals surface area contributed by atoms with Gasteiger partial charge in [-0.3, -0.25) is 19.1 Å². The van der Waals surface area contributed by atoms with Gasteiger partial charge in [0.1, 0.15) is 17.3 Å². The summed E-state index contributed by atoms with van der Waals surface area (Å²) in [6, 6.07) is 14.0. The number of imidazole rings is 1. The Labute approximate surface area is 199 Å². The highest BCUT2D eigenvalue weighted by molar-refractivity contribution is 7.98. The van der Waals surface area contributed by atoms with E-state index >= 15 is 0 Å². The average molecular weight is 478 g/mol. The number of nitrogens with one attached hydrogen (secondary N) is 2. The van der Waals surface area contributed by atoms with Gasteiger partial charge in [-0.25, -0.2) is 9.37 Å². The third-order valence-electron chi connectivity index (χ3n) is 4.86. The van der Waals surface area contributed by atoms with Crippen molar-refractivity contribution in [3.05, 3.63) is 90.3 Å². The molecule has 0 atom stereocenters. The van der Waals surface area contributed by atoms with Crippen molar-refractivity contribution >= 4 is 35.0 Å². The molecular weight excluding hydrogens is 457 g/mol. The lowest BCUT2D eigenvalue weighted by Crippen LogP contribution is -2.17. The Morgan fingerprint density at radius 2 is 1.82 bits per heavy atom. The van der Waals surface area contributed by atoms with Crippen LogP contribution in [0.1, 0.15) is 20.8 Å². The Hall–Kier alpha value is -4.18.